The van der Waals surface area contributed by atoms with Crippen LogP contribution in [0, 0.1) is 0 Å². The van der Waals surface area contributed by atoms with Gasteiger partial charge in [0, 0.05) is 0 Å². The number of imidazole rings is 1. The molecule has 106 valence electrons. The fraction of sp³-hybridized carbons (Fsp3) is 0.375. The van der Waals surface area contributed by atoms with Gasteiger partial charge < -0.3 is 29.1 Å². The number of rotatable bonds is 0. The Morgan fingerprint density at radius 2 is 1.84 bits per heavy atom. The smallest absolute Gasteiger partial charge is 0.353 e. The molecule has 1 fully saturated rings. The van der Waals surface area contributed by atoms with Crippen molar-refractivity contribution in [3.8, 4) is 0 Å². The summed E-state index contributed by atoms with van der Waals surface area (Å²) in [6, 6.07) is 0. The third kappa shape index (κ3) is 8.32. The molecular formula is C8H13N4O6P. The second-order valence-corrected chi connectivity index (χ2v) is 4.14. The number of fused-ring (bicyclic) bond motifs is 1. The molecule has 0 unspecified atom stereocenters. The molecule has 2 aromatic heterocycles. The molecule has 0 bridgehead atoms. The van der Waals surface area contributed by atoms with Crippen LogP contribution >= 0.6 is 7.82 Å². The van der Waals surface area contributed by atoms with Crippen LogP contribution in [0.5, 0.6) is 0 Å². The van der Waals surface area contributed by atoms with E-state index in [-0.39, 0.29) is 0 Å². The first-order valence-electron chi connectivity index (χ1n) is 4.99. The molecule has 4 N–H and O–H groups in total. The minimum Gasteiger partial charge on any atom is -0.353 e. The van der Waals surface area contributed by atoms with Crippen LogP contribution in [0.15, 0.2) is 18.9 Å². The molecular weight excluding hydrogens is 279 g/mol. The van der Waals surface area contributed by atoms with Crippen molar-refractivity contribution in [1.82, 2.24) is 19.9 Å². The highest BCUT2D eigenvalue weighted by atomic mass is 31.2. The number of hydrogen-bond donors (Lipinski definition) is 4. The van der Waals surface area contributed by atoms with Gasteiger partial charge in [-0.25, -0.2) is 19.5 Å². The fourth-order valence-corrected chi connectivity index (χ4v) is 0.985. The summed E-state index contributed by atoms with van der Waals surface area (Å²) in [6.45, 7) is 2.06. The molecule has 1 saturated heterocycles. The average molecular weight is 292 g/mol. The van der Waals surface area contributed by atoms with E-state index in [1.807, 2.05) is 0 Å². The van der Waals surface area contributed by atoms with Crippen LogP contribution < -0.4 is 0 Å². The van der Waals surface area contributed by atoms with Gasteiger partial charge in [-0.15, -0.1) is 0 Å². The Morgan fingerprint density at radius 1 is 1.21 bits per heavy atom. The van der Waals surface area contributed by atoms with Crippen LogP contribution in [-0.2, 0) is 14.0 Å². The van der Waals surface area contributed by atoms with E-state index in [1.54, 1.807) is 12.5 Å². The highest BCUT2D eigenvalue weighted by Gasteiger charge is 2.00. The van der Waals surface area contributed by atoms with Crippen molar-refractivity contribution < 1.29 is 28.7 Å². The van der Waals surface area contributed by atoms with Gasteiger partial charge in [-0.2, -0.15) is 0 Å². The molecule has 0 saturated carbocycles. The molecule has 0 radical (unpaired) electrons. The van der Waals surface area contributed by atoms with Crippen LogP contribution in [0.2, 0.25) is 0 Å². The fourth-order valence-electron chi connectivity index (χ4n) is 0.985. The van der Waals surface area contributed by atoms with E-state index in [0.717, 1.165) is 18.7 Å². The molecule has 10 nitrogen and oxygen atoms in total. The van der Waals surface area contributed by atoms with E-state index in [2.05, 4.69) is 19.9 Å². The van der Waals surface area contributed by atoms with Crippen LogP contribution in [-0.4, -0.2) is 54.6 Å². The van der Waals surface area contributed by atoms with Gasteiger partial charge in [0.2, 0.25) is 0 Å². The van der Waals surface area contributed by atoms with E-state index in [9.17, 15) is 0 Å². The number of nitrogens with zero attached hydrogens (tertiary/aromatic N) is 3. The molecule has 0 aliphatic carbocycles. The number of hydrogen-bond acceptors (Lipinski definition) is 6. The van der Waals surface area contributed by atoms with Gasteiger partial charge in [-0.3, -0.25) is 0 Å². The topological polar surface area (TPSA) is 151 Å². The zero-order valence-corrected chi connectivity index (χ0v) is 10.6. The number of aromatic nitrogens is 4. The highest BCUT2D eigenvalue weighted by molar-refractivity contribution is 7.45. The van der Waals surface area contributed by atoms with Gasteiger partial charge in [0.05, 0.1) is 25.7 Å². The zero-order valence-electron chi connectivity index (χ0n) is 9.71. The molecule has 11 heteroatoms. The summed E-state index contributed by atoms with van der Waals surface area (Å²) in [6.07, 6.45) is 4.76. The Labute approximate surface area is 107 Å². The molecule has 0 amide bonds. The Balaban J connectivity index is 0.000000156. The van der Waals surface area contributed by atoms with Crippen molar-refractivity contribution in [2.45, 2.75) is 0 Å². The Morgan fingerprint density at radius 3 is 2.32 bits per heavy atom. The second-order valence-electron chi connectivity index (χ2n) is 3.11. The molecule has 2 aromatic rings. The SMILES string of the molecule is C1COCO1.O=P(O)(O)O.c1ncc2[nH]cnc2n1. The maximum atomic E-state index is 8.88. The minimum absolute atomic E-state index is 0.500. The summed E-state index contributed by atoms with van der Waals surface area (Å²) in [4.78, 5) is 36.0. The van der Waals surface area contributed by atoms with Gasteiger partial charge in [0.1, 0.15) is 18.6 Å². The lowest BCUT2D eigenvalue weighted by molar-refractivity contribution is 0.0692. The van der Waals surface area contributed by atoms with E-state index in [0.29, 0.717) is 12.4 Å². The first-order valence-corrected chi connectivity index (χ1v) is 6.56. The summed E-state index contributed by atoms with van der Waals surface area (Å²) < 4.78 is 18.3. The predicted octanol–water partition coefficient (Wildman–Crippen LogP) is -0.585. The predicted molar refractivity (Wildman–Crippen MR) is 62.7 cm³/mol. The van der Waals surface area contributed by atoms with Crippen LogP contribution in [0.1, 0.15) is 0 Å². The van der Waals surface area contributed by atoms with E-state index >= 15 is 0 Å². The van der Waals surface area contributed by atoms with Crippen molar-refractivity contribution in [2.24, 2.45) is 0 Å². The molecule has 3 rings (SSSR count). The number of nitrogens with one attached hydrogen (secondary N) is 1. The van der Waals surface area contributed by atoms with Crippen molar-refractivity contribution >= 4 is 19.0 Å². The molecule has 19 heavy (non-hydrogen) atoms. The monoisotopic (exact) mass is 292 g/mol. The van der Waals surface area contributed by atoms with Crippen molar-refractivity contribution in [1.29, 1.82) is 0 Å². The van der Waals surface area contributed by atoms with Gasteiger partial charge >= 0.3 is 7.82 Å². The summed E-state index contributed by atoms with van der Waals surface area (Å²) >= 11 is 0. The molecule has 0 aromatic carbocycles. The van der Waals surface area contributed by atoms with E-state index in [4.69, 9.17) is 28.7 Å². The van der Waals surface area contributed by atoms with Gasteiger partial charge in [-0.1, -0.05) is 0 Å². The Hall–Kier alpha value is -1.42. The van der Waals surface area contributed by atoms with Gasteiger partial charge in [-0.05, 0) is 0 Å². The summed E-state index contributed by atoms with van der Waals surface area (Å²) in [5, 5.41) is 0. The van der Waals surface area contributed by atoms with Gasteiger partial charge in [0.15, 0.2) is 5.65 Å². The summed E-state index contributed by atoms with van der Waals surface area (Å²) in [5.74, 6) is 0. The maximum absolute atomic E-state index is 8.88. The Kier molecular flexibility index (Phi) is 6.50. The molecule has 0 atom stereocenters. The third-order valence-corrected chi connectivity index (χ3v) is 1.64. The van der Waals surface area contributed by atoms with Crippen molar-refractivity contribution in [2.75, 3.05) is 20.0 Å². The van der Waals surface area contributed by atoms with Crippen molar-refractivity contribution in [3.05, 3.63) is 18.9 Å². The molecule has 1 aliphatic rings. The summed E-state index contributed by atoms with van der Waals surface area (Å²) in [7, 11) is -4.64. The number of H-pyrrole nitrogens is 1. The molecule has 1 aliphatic heterocycles. The lowest BCUT2D eigenvalue weighted by Gasteiger charge is -1.82. The van der Waals surface area contributed by atoms with Crippen LogP contribution in [0.3, 0.4) is 0 Å². The molecule has 3 heterocycles. The normalized spacial score (nSPS) is 14.3. The minimum atomic E-state index is -4.64. The first-order chi connectivity index (χ1) is 8.97. The zero-order chi connectivity index (χ0) is 14.1. The van der Waals surface area contributed by atoms with E-state index < -0.39 is 7.82 Å². The lowest BCUT2D eigenvalue weighted by atomic mass is 10.6. The largest absolute Gasteiger partial charge is 0.466 e. The standard InChI is InChI=1S/C5H4N4.C3H6O2.H3O4P/c1-4-5(8-2-6-1)9-3-7-4;1-2-5-3-4-1;1-5(2,3)4/h1-3H,(H,6,7,8,9);1-3H2;(H3,1,2,3,4). The summed E-state index contributed by atoms with van der Waals surface area (Å²) in [5.41, 5.74) is 1.59. The average Bonchev–Trinajstić information content (AvgIpc) is 3.02. The van der Waals surface area contributed by atoms with Crippen LogP contribution in [0.25, 0.3) is 11.2 Å². The van der Waals surface area contributed by atoms with Gasteiger partial charge in [0.25, 0.3) is 0 Å². The van der Waals surface area contributed by atoms with E-state index in [1.165, 1.54) is 6.33 Å². The van der Waals surface area contributed by atoms with Crippen molar-refractivity contribution in [3.63, 3.8) is 0 Å². The number of aromatic amines is 1. The molecule has 0 spiro atoms. The quantitative estimate of drug-likeness (QED) is 0.467. The number of ether oxygens (including phenoxy) is 2. The maximum Gasteiger partial charge on any atom is 0.466 e. The van der Waals surface area contributed by atoms with Crippen LogP contribution in [0.4, 0.5) is 0 Å². The number of phosphoric acid groups is 1. The lowest BCUT2D eigenvalue weighted by Crippen LogP contribution is -1.79. The third-order valence-electron chi connectivity index (χ3n) is 1.64. The second kappa shape index (κ2) is 7.89. The Bertz CT molecular complexity index is 479. The highest BCUT2D eigenvalue weighted by Crippen LogP contribution is 2.25. The first kappa shape index (κ1) is 15.6.